The zero-order chi connectivity index (χ0) is 18.4. The first kappa shape index (κ1) is 19.4. The Morgan fingerprint density at radius 1 is 1.44 bits per heavy atom. The number of hydrogen-bond acceptors (Lipinski definition) is 8. The monoisotopic (exact) mass is 401 g/mol. The molecule has 1 heterocycles. The van der Waals surface area contributed by atoms with E-state index >= 15 is 0 Å². The zero-order valence-corrected chi connectivity index (χ0v) is 15.9. The summed E-state index contributed by atoms with van der Waals surface area (Å²) in [7, 11) is 0. The molecule has 0 fully saturated rings. The second kappa shape index (κ2) is 8.97. The van der Waals surface area contributed by atoms with Crippen molar-refractivity contribution < 1.29 is 9.72 Å². The van der Waals surface area contributed by atoms with Crippen molar-refractivity contribution in [3.05, 3.63) is 33.3 Å². The third-order valence-corrected chi connectivity index (χ3v) is 5.16. The lowest BCUT2D eigenvalue weighted by atomic mass is 10.2. The molecule has 0 aliphatic carbocycles. The summed E-state index contributed by atoms with van der Waals surface area (Å²) in [5.41, 5.74) is 0.0652. The fourth-order valence-corrected chi connectivity index (χ4v) is 3.43. The Labute approximate surface area is 157 Å². The van der Waals surface area contributed by atoms with Gasteiger partial charge in [-0.1, -0.05) is 48.5 Å². The molecule has 0 saturated carbocycles. The largest absolute Gasteiger partial charge is 0.360 e. The molecule has 0 bridgehead atoms. The molecule has 0 spiro atoms. The van der Waals surface area contributed by atoms with E-state index in [0.29, 0.717) is 21.1 Å². The highest BCUT2D eigenvalue weighted by atomic mass is 35.5. The molecule has 1 aromatic heterocycles. The third-order valence-electron chi connectivity index (χ3n) is 2.82. The van der Waals surface area contributed by atoms with Gasteiger partial charge in [0.15, 0.2) is 4.34 Å². The predicted molar refractivity (Wildman–Crippen MR) is 101 cm³/mol. The SMILES string of the molecule is CC(C)CNc1nnc(SCC(=O)Nc2ccc(Cl)c([N+](=O)[O-])c2)s1. The van der Waals surface area contributed by atoms with Gasteiger partial charge in [0.2, 0.25) is 11.0 Å². The van der Waals surface area contributed by atoms with E-state index in [1.54, 1.807) is 0 Å². The highest BCUT2D eigenvalue weighted by molar-refractivity contribution is 8.01. The van der Waals surface area contributed by atoms with Crippen LogP contribution in [0.25, 0.3) is 0 Å². The molecule has 11 heteroatoms. The maximum absolute atomic E-state index is 12.0. The zero-order valence-electron chi connectivity index (χ0n) is 13.5. The van der Waals surface area contributed by atoms with Crippen molar-refractivity contribution >= 4 is 57.1 Å². The average Bonchev–Trinajstić information content (AvgIpc) is 3.00. The van der Waals surface area contributed by atoms with Gasteiger partial charge in [-0.05, 0) is 18.1 Å². The summed E-state index contributed by atoms with van der Waals surface area (Å²) < 4.78 is 0.670. The quantitative estimate of drug-likeness (QED) is 0.392. The van der Waals surface area contributed by atoms with E-state index in [4.69, 9.17) is 11.6 Å². The van der Waals surface area contributed by atoms with Crippen molar-refractivity contribution in [2.45, 2.75) is 18.2 Å². The molecule has 2 aromatic rings. The first-order chi connectivity index (χ1) is 11.8. The first-order valence-electron chi connectivity index (χ1n) is 7.29. The number of nitrogens with zero attached hydrogens (tertiary/aromatic N) is 3. The number of nitro groups is 1. The molecule has 0 aliphatic rings. The van der Waals surface area contributed by atoms with Gasteiger partial charge in [-0.25, -0.2) is 0 Å². The van der Waals surface area contributed by atoms with Crippen molar-refractivity contribution in [3.63, 3.8) is 0 Å². The van der Waals surface area contributed by atoms with Crippen LogP contribution in [0, 0.1) is 16.0 Å². The van der Waals surface area contributed by atoms with E-state index in [9.17, 15) is 14.9 Å². The molecule has 0 saturated heterocycles. The molecule has 0 aliphatic heterocycles. The summed E-state index contributed by atoms with van der Waals surface area (Å²) in [6.45, 7) is 4.99. The minimum Gasteiger partial charge on any atom is -0.360 e. The van der Waals surface area contributed by atoms with E-state index in [1.807, 2.05) is 0 Å². The number of anilines is 2. The minimum absolute atomic E-state index is 0.0210. The third kappa shape index (κ3) is 6.15. The van der Waals surface area contributed by atoms with E-state index in [2.05, 4.69) is 34.7 Å². The van der Waals surface area contributed by atoms with Crippen molar-refractivity contribution in [3.8, 4) is 0 Å². The van der Waals surface area contributed by atoms with Gasteiger partial charge < -0.3 is 10.6 Å². The van der Waals surface area contributed by atoms with Crippen LogP contribution in [0.4, 0.5) is 16.5 Å². The van der Waals surface area contributed by atoms with Crippen LogP contribution in [-0.2, 0) is 4.79 Å². The Kier molecular flexibility index (Phi) is 6.97. The fourth-order valence-electron chi connectivity index (χ4n) is 1.69. The standard InChI is InChI=1S/C14H16ClN5O3S2/c1-8(2)6-16-13-18-19-14(25-13)24-7-12(21)17-9-3-4-10(15)11(5-9)20(22)23/h3-5,8H,6-7H2,1-2H3,(H,16,18)(H,17,21). The van der Waals surface area contributed by atoms with Gasteiger partial charge in [-0.15, -0.1) is 10.2 Å². The van der Waals surface area contributed by atoms with Crippen LogP contribution in [0.3, 0.4) is 0 Å². The average molecular weight is 402 g/mol. The Bertz CT molecular complexity index is 769. The van der Waals surface area contributed by atoms with E-state index in [0.717, 1.165) is 6.54 Å². The van der Waals surface area contributed by atoms with Gasteiger partial charge in [0.25, 0.3) is 5.69 Å². The number of thioether (sulfide) groups is 1. The number of rotatable bonds is 8. The van der Waals surface area contributed by atoms with Gasteiger partial charge in [-0.3, -0.25) is 14.9 Å². The topological polar surface area (TPSA) is 110 Å². The van der Waals surface area contributed by atoms with Gasteiger partial charge >= 0.3 is 0 Å². The number of nitro benzene ring substituents is 1. The van der Waals surface area contributed by atoms with Crippen molar-refractivity contribution in [2.75, 3.05) is 22.9 Å². The highest BCUT2D eigenvalue weighted by Gasteiger charge is 2.14. The summed E-state index contributed by atoms with van der Waals surface area (Å²) >= 11 is 8.36. The van der Waals surface area contributed by atoms with E-state index in [1.165, 1.54) is 41.3 Å². The molecule has 2 rings (SSSR count). The lowest BCUT2D eigenvalue weighted by molar-refractivity contribution is -0.384. The van der Waals surface area contributed by atoms with Crippen LogP contribution >= 0.6 is 34.7 Å². The first-order valence-corrected chi connectivity index (χ1v) is 9.47. The highest BCUT2D eigenvalue weighted by Crippen LogP contribution is 2.28. The van der Waals surface area contributed by atoms with Crippen LogP contribution in [0.5, 0.6) is 0 Å². The van der Waals surface area contributed by atoms with E-state index in [-0.39, 0.29) is 22.4 Å². The van der Waals surface area contributed by atoms with Crippen LogP contribution < -0.4 is 10.6 Å². The summed E-state index contributed by atoms with van der Waals surface area (Å²) in [6, 6.07) is 4.11. The normalized spacial score (nSPS) is 10.7. The smallest absolute Gasteiger partial charge is 0.289 e. The number of aromatic nitrogens is 2. The van der Waals surface area contributed by atoms with Crippen LogP contribution in [0.1, 0.15) is 13.8 Å². The Balaban J connectivity index is 1.87. The summed E-state index contributed by atoms with van der Waals surface area (Å²) in [4.78, 5) is 22.2. The number of benzene rings is 1. The fraction of sp³-hybridized carbons (Fsp3) is 0.357. The molecule has 2 N–H and O–H groups in total. The van der Waals surface area contributed by atoms with Crippen molar-refractivity contribution in [2.24, 2.45) is 5.92 Å². The number of nitrogens with one attached hydrogen (secondary N) is 2. The van der Waals surface area contributed by atoms with E-state index < -0.39 is 4.92 Å². The van der Waals surface area contributed by atoms with Gasteiger partial charge in [0, 0.05) is 18.3 Å². The molecule has 1 amide bonds. The molecular weight excluding hydrogens is 386 g/mol. The second-order valence-electron chi connectivity index (χ2n) is 5.41. The molecule has 0 unspecified atom stereocenters. The molecular formula is C14H16ClN5O3S2. The second-order valence-corrected chi connectivity index (χ2v) is 8.02. The van der Waals surface area contributed by atoms with Crippen LogP contribution in [0.2, 0.25) is 5.02 Å². The van der Waals surface area contributed by atoms with Crippen molar-refractivity contribution in [1.29, 1.82) is 0 Å². The Hall–Kier alpha value is -1.91. The maximum atomic E-state index is 12.0. The number of halogens is 1. The van der Waals surface area contributed by atoms with Crippen molar-refractivity contribution in [1.82, 2.24) is 10.2 Å². The lowest BCUT2D eigenvalue weighted by Crippen LogP contribution is -2.14. The maximum Gasteiger partial charge on any atom is 0.289 e. The van der Waals surface area contributed by atoms with Gasteiger partial charge in [0.1, 0.15) is 5.02 Å². The molecule has 134 valence electrons. The van der Waals surface area contributed by atoms with Crippen LogP contribution in [0.15, 0.2) is 22.5 Å². The molecule has 8 nitrogen and oxygen atoms in total. The number of hydrogen-bond donors (Lipinski definition) is 2. The number of amides is 1. The Morgan fingerprint density at radius 2 is 2.20 bits per heavy atom. The van der Waals surface area contributed by atoms with Crippen LogP contribution in [-0.4, -0.2) is 33.3 Å². The lowest BCUT2D eigenvalue weighted by Gasteiger charge is -2.05. The molecule has 0 atom stereocenters. The Morgan fingerprint density at radius 3 is 2.88 bits per heavy atom. The molecule has 25 heavy (non-hydrogen) atoms. The molecule has 0 radical (unpaired) electrons. The van der Waals surface area contributed by atoms with Gasteiger partial charge in [0.05, 0.1) is 10.7 Å². The summed E-state index contributed by atoms with van der Waals surface area (Å²) in [5.74, 6) is 0.317. The number of carbonyl (C=O) groups excluding carboxylic acids is 1. The minimum atomic E-state index is -0.598. The predicted octanol–water partition coefficient (Wildman–Crippen LogP) is 3.90. The molecule has 1 aromatic carbocycles. The summed E-state index contributed by atoms with van der Waals surface area (Å²) in [5, 5.41) is 25.4. The van der Waals surface area contributed by atoms with Gasteiger partial charge in [-0.2, -0.15) is 0 Å². The number of carbonyl (C=O) groups is 1. The summed E-state index contributed by atoms with van der Waals surface area (Å²) in [6.07, 6.45) is 0.